The van der Waals surface area contributed by atoms with Gasteiger partial charge in [-0.25, -0.2) is 12.7 Å². The van der Waals surface area contributed by atoms with Gasteiger partial charge in [-0.15, -0.1) is 0 Å². The van der Waals surface area contributed by atoms with Crippen LogP contribution in [-0.2, 0) is 16.4 Å². The van der Waals surface area contributed by atoms with Crippen LogP contribution in [0.25, 0.3) is 0 Å². The van der Waals surface area contributed by atoms with E-state index in [9.17, 15) is 18.5 Å². The summed E-state index contributed by atoms with van der Waals surface area (Å²) in [5.41, 5.74) is 5.82. The molecule has 0 fully saturated rings. The van der Waals surface area contributed by atoms with Crippen molar-refractivity contribution in [3.63, 3.8) is 0 Å². The largest absolute Gasteiger partial charge is 0.328 e. The highest BCUT2D eigenvalue weighted by atomic mass is 32.2. The number of benzene rings is 1. The maximum Gasteiger partial charge on any atom is 0.273 e. The molecule has 0 aliphatic carbocycles. The lowest BCUT2D eigenvalue weighted by atomic mass is 10.1. The molecule has 7 nitrogen and oxygen atoms in total. The predicted molar refractivity (Wildman–Crippen MR) is 71.3 cm³/mol. The van der Waals surface area contributed by atoms with Crippen molar-refractivity contribution in [3.05, 3.63) is 33.9 Å². The summed E-state index contributed by atoms with van der Waals surface area (Å²) < 4.78 is 24.8. The molecule has 0 aromatic heterocycles. The van der Waals surface area contributed by atoms with Gasteiger partial charge < -0.3 is 5.73 Å². The first-order chi connectivity index (χ1) is 8.66. The first-order valence-corrected chi connectivity index (χ1v) is 7.05. The van der Waals surface area contributed by atoms with Crippen LogP contribution in [0.15, 0.2) is 23.1 Å². The van der Waals surface area contributed by atoms with Crippen LogP contribution in [0.2, 0.25) is 0 Å². The van der Waals surface area contributed by atoms with Crippen LogP contribution in [0.1, 0.15) is 12.5 Å². The summed E-state index contributed by atoms with van der Waals surface area (Å²) in [5.74, 6) is 0. The number of sulfonamides is 1. The molecule has 0 aliphatic rings. The minimum absolute atomic E-state index is 0.0994. The number of hydrogen-bond donors (Lipinski definition) is 1. The molecule has 0 spiro atoms. The lowest BCUT2D eigenvalue weighted by Gasteiger charge is -2.12. The summed E-state index contributed by atoms with van der Waals surface area (Å²) >= 11 is 0. The maximum absolute atomic E-state index is 11.9. The number of nitro groups is 1. The molecule has 0 saturated carbocycles. The van der Waals surface area contributed by atoms with Crippen LogP contribution in [0.5, 0.6) is 0 Å². The van der Waals surface area contributed by atoms with E-state index < -0.39 is 14.9 Å². The Hall–Kier alpha value is -1.51. The Labute approximate surface area is 112 Å². The van der Waals surface area contributed by atoms with E-state index >= 15 is 0 Å². The molecule has 0 saturated heterocycles. The Morgan fingerprint density at radius 1 is 1.42 bits per heavy atom. The summed E-state index contributed by atoms with van der Waals surface area (Å²) in [5, 5.41) is 11.0. The maximum atomic E-state index is 11.9. The first kappa shape index (κ1) is 15.5. The van der Waals surface area contributed by atoms with Crippen molar-refractivity contribution >= 4 is 15.7 Å². The van der Waals surface area contributed by atoms with E-state index in [1.54, 1.807) is 6.92 Å². The van der Waals surface area contributed by atoms with Crippen LogP contribution in [0, 0.1) is 10.1 Å². The van der Waals surface area contributed by atoms with Gasteiger partial charge in [0.1, 0.15) is 0 Å². The van der Waals surface area contributed by atoms with E-state index in [0.717, 1.165) is 10.4 Å². The van der Waals surface area contributed by atoms with Crippen LogP contribution < -0.4 is 5.73 Å². The molecule has 1 aromatic rings. The van der Waals surface area contributed by atoms with Gasteiger partial charge in [0.15, 0.2) is 0 Å². The average Bonchev–Trinajstić information content (AvgIpc) is 2.27. The van der Waals surface area contributed by atoms with E-state index in [2.05, 4.69) is 0 Å². The molecule has 0 heterocycles. The van der Waals surface area contributed by atoms with Crippen molar-refractivity contribution in [2.24, 2.45) is 5.73 Å². The molecule has 1 atom stereocenters. The zero-order chi connectivity index (χ0) is 14.8. The second kappa shape index (κ2) is 5.64. The van der Waals surface area contributed by atoms with Gasteiger partial charge in [0, 0.05) is 31.8 Å². The quantitative estimate of drug-likeness (QED) is 0.634. The van der Waals surface area contributed by atoms with Gasteiger partial charge in [-0.1, -0.05) is 6.07 Å². The molecule has 0 bridgehead atoms. The molecule has 1 rings (SSSR count). The fraction of sp³-hybridized carbons (Fsp3) is 0.455. The van der Waals surface area contributed by atoms with Crippen molar-refractivity contribution in [1.29, 1.82) is 0 Å². The Morgan fingerprint density at radius 3 is 2.42 bits per heavy atom. The normalized spacial score (nSPS) is 13.5. The van der Waals surface area contributed by atoms with Crippen molar-refractivity contribution in [1.82, 2.24) is 4.31 Å². The highest BCUT2D eigenvalue weighted by Crippen LogP contribution is 2.25. The summed E-state index contributed by atoms with van der Waals surface area (Å²) in [6, 6.07) is 3.64. The molecule has 1 unspecified atom stereocenters. The third-order valence-electron chi connectivity index (χ3n) is 2.57. The standard InChI is InChI=1S/C11H17N3O4S/c1-8(12)6-9-4-5-10(7-11(9)14(15)16)19(17,18)13(2)3/h4-5,7-8H,6,12H2,1-3H3. The van der Waals surface area contributed by atoms with E-state index in [4.69, 9.17) is 5.73 Å². The second-order valence-corrected chi connectivity index (χ2v) is 6.67. The van der Waals surface area contributed by atoms with Crippen molar-refractivity contribution in [2.75, 3.05) is 14.1 Å². The lowest BCUT2D eigenvalue weighted by Crippen LogP contribution is -2.23. The number of nitrogens with zero attached hydrogens (tertiary/aromatic N) is 2. The smallest absolute Gasteiger partial charge is 0.273 e. The zero-order valence-electron chi connectivity index (χ0n) is 11.0. The van der Waals surface area contributed by atoms with E-state index in [1.807, 2.05) is 0 Å². The van der Waals surface area contributed by atoms with Gasteiger partial charge in [0.05, 0.1) is 9.82 Å². The van der Waals surface area contributed by atoms with Crippen LogP contribution in [0.4, 0.5) is 5.69 Å². The average molecular weight is 287 g/mol. The molecule has 19 heavy (non-hydrogen) atoms. The van der Waals surface area contributed by atoms with Crippen molar-refractivity contribution in [3.8, 4) is 0 Å². The molecule has 0 amide bonds. The van der Waals surface area contributed by atoms with Crippen LogP contribution in [-0.4, -0.2) is 37.8 Å². The monoisotopic (exact) mass is 287 g/mol. The Bertz CT molecular complexity index is 582. The molecule has 0 radical (unpaired) electrons. The van der Waals surface area contributed by atoms with Crippen molar-refractivity contribution < 1.29 is 13.3 Å². The molecule has 1 aromatic carbocycles. The first-order valence-electron chi connectivity index (χ1n) is 5.61. The van der Waals surface area contributed by atoms with E-state index in [1.165, 1.54) is 26.2 Å². The molecular formula is C11H17N3O4S. The highest BCUT2D eigenvalue weighted by molar-refractivity contribution is 7.89. The predicted octanol–water partition coefficient (Wildman–Crippen LogP) is 0.735. The van der Waals surface area contributed by atoms with Gasteiger partial charge in [-0.3, -0.25) is 10.1 Å². The summed E-state index contributed by atoms with van der Waals surface area (Å²) in [6.45, 7) is 1.73. The zero-order valence-corrected chi connectivity index (χ0v) is 11.8. The van der Waals surface area contributed by atoms with Crippen LogP contribution in [0.3, 0.4) is 0 Å². The molecule has 0 aliphatic heterocycles. The third-order valence-corrected chi connectivity index (χ3v) is 4.39. The van der Waals surface area contributed by atoms with Crippen LogP contribution >= 0.6 is 0 Å². The minimum atomic E-state index is -3.68. The fourth-order valence-corrected chi connectivity index (χ4v) is 2.53. The molecule has 106 valence electrons. The molecule has 8 heteroatoms. The van der Waals surface area contributed by atoms with E-state index in [0.29, 0.717) is 12.0 Å². The number of rotatable bonds is 5. The van der Waals surface area contributed by atoms with Crippen molar-refractivity contribution in [2.45, 2.75) is 24.3 Å². The number of hydrogen-bond acceptors (Lipinski definition) is 5. The molecule has 2 N–H and O–H groups in total. The number of nitrogens with two attached hydrogens (primary N) is 1. The topological polar surface area (TPSA) is 107 Å². The Morgan fingerprint density at radius 2 is 2.00 bits per heavy atom. The SMILES string of the molecule is CC(N)Cc1ccc(S(=O)(=O)N(C)C)cc1[N+](=O)[O-]. The summed E-state index contributed by atoms with van der Waals surface area (Å²) in [6.07, 6.45) is 0.318. The van der Waals surface area contributed by atoms with Gasteiger partial charge in [0.2, 0.25) is 10.0 Å². The Balaban J connectivity index is 3.36. The van der Waals surface area contributed by atoms with Gasteiger partial charge >= 0.3 is 0 Å². The van der Waals surface area contributed by atoms with Gasteiger partial charge in [-0.05, 0) is 19.4 Å². The summed E-state index contributed by atoms with van der Waals surface area (Å²) in [7, 11) is -0.936. The van der Waals surface area contributed by atoms with Gasteiger partial charge in [-0.2, -0.15) is 0 Å². The van der Waals surface area contributed by atoms with E-state index in [-0.39, 0.29) is 16.6 Å². The Kier molecular flexibility index (Phi) is 4.61. The fourth-order valence-electron chi connectivity index (χ4n) is 1.60. The second-order valence-electron chi connectivity index (χ2n) is 4.52. The number of nitro benzene ring substituents is 1. The minimum Gasteiger partial charge on any atom is -0.328 e. The third kappa shape index (κ3) is 3.49. The molecular weight excluding hydrogens is 270 g/mol. The lowest BCUT2D eigenvalue weighted by molar-refractivity contribution is -0.385. The highest BCUT2D eigenvalue weighted by Gasteiger charge is 2.23. The summed E-state index contributed by atoms with van der Waals surface area (Å²) in [4.78, 5) is 10.3. The van der Waals surface area contributed by atoms with Gasteiger partial charge in [0.25, 0.3) is 5.69 Å².